The van der Waals surface area contributed by atoms with Crippen molar-refractivity contribution in [2.24, 2.45) is 0 Å². The van der Waals surface area contributed by atoms with Gasteiger partial charge in [-0.25, -0.2) is 0 Å². The molecule has 1 aromatic carbocycles. The van der Waals surface area contributed by atoms with Crippen LogP contribution in [0.15, 0.2) is 24.3 Å². The summed E-state index contributed by atoms with van der Waals surface area (Å²) in [4.78, 5) is 24.7. The third kappa shape index (κ3) is 3.48. The molecule has 0 aliphatic heterocycles. The fourth-order valence-corrected chi connectivity index (χ4v) is 1.56. The van der Waals surface area contributed by atoms with Gasteiger partial charge in [-0.3, -0.25) is 9.59 Å². The summed E-state index contributed by atoms with van der Waals surface area (Å²) in [6.07, 6.45) is 0.195. The molecule has 1 N–H and O–H groups in total. The Balaban J connectivity index is 2.71. The fraction of sp³-hybridized carbons (Fsp3) is 0.385. The number of methoxy groups -OCH3 is 1. The van der Waals surface area contributed by atoms with E-state index in [1.807, 2.05) is 18.2 Å². The maximum atomic E-state index is 12.2. The third-order valence-electron chi connectivity index (χ3n) is 2.65. The minimum Gasteiger partial charge on any atom is -0.469 e. The highest BCUT2D eigenvalue weighted by molar-refractivity contribution is 5.99. The molecule has 5 nitrogen and oxygen atoms in total. The first kappa shape index (κ1) is 14.0. The number of amides is 1. The lowest BCUT2D eigenvalue weighted by molar-refractivity contribution is -0.140. The number of hydrogen-bond donors (Lipinski definition) is 1. The Morgan fingerprint density at radius 3 is 2.61 bits per heavy atom. The highest BCUT2D eigenvalue weighted by Crippen LogP contribution is 2.16. The van der Waals surface area contributed by atoms with Crippen molar-refractivity contribution in [3.63, 3.8) is 0 Å². The standard InChI is InChI=1S/C13H18N2O3/c1-14-11-7-5-4-6-10(11)13(17)15(2)9-8-12(16)18-3/h4-7,14H,8-9H2,1-3H3. The molecule has 18 heavy (non-hydrogen) atoms. The Bertz CT molecular complexity index is 432. The second-order valence-electron chi connectivity index (χ2n) is 3.85. The number of nitrogens with one attached hydrogen (secondary N) is 1. The van der Waals surface area contributed by atoms with Crippen LogP contribution in [0.4, 0.5) is 5.69 Å². The average molecular weight is 250 g/mol. The van der Waals surface area contributed by atoms with Crippen molar-refractivity contribution in [3.8, 4) is 0 Å². The zero-order valence-corrected chi connectivity index (χ0v) is 10.9. The Morgan fingerprint density at radius 2 is 2.00 bits per heavy atom. The molecule has 0 saturated carbocycles. The molecule has 0 aromatic heterocycles. The Morgan fingerprint density at radius 1 is 1.33 bits per heavy atom. The van der Waals surface area contributed by atoms with E-state index >= 15 is 0 Å². The maximum absolute atomic E-state index is 12.2. The number of ether oxygens (including phenoxy) is 1. The van der Waals surface area contributed by atoms with Crippen molar-refractivity contribution in [1.82, 2.24) is 4.90 Å². The van der Waals surface area contributed by atoms with Crippen molar-refractivity contribution in [2.75, 3.05) is 33.1 Å². The van der Waals surface area contributed by atoms with E-state index in [9.17, 15) is 9.59 Å². The summed E-state index contributed by atoms with van der Waals surface area (Å²) in [5.74, 6) is -0.444. The molecule has 0 spiro atoms. The van der Waals surface area contributed by atoms with Crippen LogP contribution in [0, 0.1) is 0 Å². The largest absolute Gasteiger partial charge is 0.469 e. The topological polar surface area (TPSA) is 58.6 Å². The van der Waals surface area contributed by atoms with Crippen molar-refractivity contribution in [1.29, 1.82) is 0 Å². The van der Waals surface area contributed by atoms with E-state index in [-0.39, 0.29) is 18.3 Å². The first-order chi connectivity index (χ1) is 8.60. The van der Waals surface area contributed by atoms with Crippen LogP contribution in [-0.4, -0.2) is 44.5 Å². The first-order valence-corrected chi connectivity index (χ1v) is 5.69. The molecule has 1 rings (SSSR count). The summed E-state index contributed by atoms with van der Waals surface area (Å²) < 4.78 is 4.54. The molecule has 1 aromatic rings. The predicted octanol–water partition coefficient (Wildman–Crippen LogP) is 1.36. The Labute approximate surface area is 107 Å². The van der Waals surface area contributed by atoms with Gasteiger partial charge in [0, 0.05) is 26.3 Å². The predicted molar refractivity (Wildman–Crippen MR) is 69.6 cm³/mol. The van der Waals surface area contributed by atoms with Crippen molar-refractivity contribution < 1.29 is 14.3 Å². The van der Waals surface area contributed by atoms with Crippen LogP contribution in [0.2, 0.25) is 0 Å². The van der Waals surface area contributed by atoms with E-state index in [1.54, 1.807) is 20.2 Å². The summed E-state index contributed by atoms with van der Waals surface area (Å²) in [6.45, 7) is 0.337. The minimum absolute atomic E-state index is 0.121. The number of nitrogens with zero attached hydrogens (tertiary/aromatic N) is 1. The number of hydrogen-bond acceptors (Lipinski definition) is 4. The van der Waals surface area contributed by atoms with Gasteiger partial charge in [0.2, 0.25) is 0 Å². The molecule has 0 aliphatic rings. The highest BCUT2D eigenvalue weighted by atomic mass is 16.5. The number of esters is 1. The monoisotopic (exact) mass is 250 g/mol. The average Bonchev–Trinajstić information content (AvgIpc) is 2.43. The van der Waals surface area contributed by atoms with Crippen molar-refractivity contribution >= 4 is 17.6 Å². The van der Waals surface area contributed by atoms with Gasteiger partial charge in [-0.15, -0.1) is 0 Å². The van der Waals surface area contributed by atoms with Crippen LogP contribution in [0.1, 0.15) is 16.8 Å². The summed E-state index contributed by atoms with van der Waals surface area (Å²) in [5, 5.41) is 2.97. The summed E-state index contributed by atoms with van der Waals surface area (Å²) in [7, 11) is 4.76. The summed E-state index contributed by atoms with van der Waals surface area (Å²) >= 11 is 0. The maximum Gasteiger partial charge on any atom is 0.307 e. The normalized spacial score (nSPS) is 9.72. The zero-order chi connectivity index (χ0) is 13.5. The number of para-hydroxylation sites is 1. The van der Waals surface area contributed by atoms with Crippen LogP contribution in [-0.2, 0) is 9.53 Å². The number of anilines is 1. The van der Waals surface area contributed by atoms with E-state index in [0.29, 0.717) is 12.1 Å². The molecule has 0 atom stereocenters. The van der Waals surface area contributed by atoms with Gasteiger partial charge in [0.25, 0.3) is 5.91 Å². The van der Waals surface area contributed by atoms with Gasteiger partial charge in [0.1, 0.15) is 0 Å². The molecule has 0 saturated heterocycles. The van der Waals surface area contributed by atoms with Gasteiger partial charge in [-0.1, -0.05) is 12.1 Å². The molecule has 98 valence electrons. The highest BCUT2D eigenvalue weighted by Gasteiger charge is 2.15. The van der Waals surface area contributed by atoms with Gasteiger partial charge in [0.05, 0.1) is 19.1 Å². The van der Waals surface area contributed by atoms with E-state index in [1.165, 1.54) is 12.0 Å². The molecule has 0 fully saturated rings. The van der Waals surface area contributed by atoms with Crippen molar-refractivity contribution in [2.45, 2.75) is 6.42 Å². The van der Waals surface area contributed by atoms with Gasteiger partial charge in [-0.2, -0.15) is 0 Å². The Hall–Kier alpha value is -2.04. The van der Waals surface area contributed by atoms with E-state index < -0.39 is 0 Å². The molecule has 0 bridgehead atoms. The molecule has 5 heteroatoms. The van der Waals surface area contributed by atoms with Crippen LogP contribution < -0.4 is 5.32 Å². The quantitative estimate of drug-likeness (QED) is 0.802. The first-order valence-electron chi connectivity index (χ1n) is 5.69. The molecule has 0 unspecified atom stereocenters. The SMILES string of the molecule is CNc1ccccc1C(=O)N(C)CCC(=O)OC. The van der Waals surface area contributed by atoms with Gasteiger partial charge in [-0.05, 0) is 12.1 Å². The molecular formula is C13H18N2O3. The van der Waals surface area contributed by atoms with Crippen LogP contribution in [0.5, 0.6) is 0 Å². The van der Waals surface area contributed by atoms with Gasteiger partial charge >= 0.3 is 5.97 Å². The van der Waals surface area contributed by atoms with Crippen molar-refractivity contribution in [3.05, 3.63) is 29.8 Å². The number of rotatable bonds is 5. The number of carbonyl (C=O) groups excluding carboxylic acids is 2. The second-order valence-corrected chi connectivity index (χ2v) is 3.85. The lowest BCUT2D eigenvalue weighted by Crippen LogP contribution is -2.29. The molecule has 0 radical (unpaired) electrons. The molecule has 1 amide bonds. The fourth-order valence-electron chi connectivity index (χ4n) is 1.56. The minimum atomic E-state index is -0.323. The van der Waals surface area contributed by atoms with Crippen LogP contribution in [0.25, 0.3) is 0 Å². The zero-order valence-electron chi connectivity index (χ0n) is 10.9. The van der Waals surface area contributed by atoms with E-state index in [0.717, 1.165) is 5.69 Å². The summed E-state index contributed by atoms with van der Waals surface area (Å²) in [6, 6.07) is 7.25. The lowest BCUT2D eigenvalue weighted by atomic mass is 10.1. The Kier molecular flexibility index (Phi) is 5.17. The van der Waals surface area contributed by atoms with E-state index in [4.69, 9.17) is 0 Å². The number of carbonyl (C=O) groups is 2. The lowest BCUT2D eigenvalue weighted by Gasteiger charge is -2.18. The smallest absolute Gasteiger partial charge is 0.307 e. The third-order valence-corrected chi connectivity index (χ3v) is 2.65. The second kappa shape index (κ2) is 6.64. The molecule has 0 heterocycles. The number of benzene rings is 1. The van der Waals surface area contributed by atoms with Crippen LogP contribution >= 0.6 is 0 Å². The van der Waals surface area contributed by atoms with Crippen LogP contribution in [0.3, 0.4) is 0 Å². The summed E-state index contributed by atoms with van der Waals surface area (Å²) in [5.41, 5.74) is 1.36. The van der Waals surface area contributed by atoms with Gasteiger partial charge < -0.3 is 15.0 Å². The molecular weight excluding hydrogens is 232 g/mol. The molecule has 0 aliphatic carbocycles. The van der Waals surface area contributed by atoms with Gasteiger partial charge in [0.15, 0.2) is 0 Å². The van der Waals surface area contributed by atoms with E-state index in [2.05, 4.69) is 10.1 Å².